The summed E-state index contributed by atoms with van der Waals surface area (Å²) < 4.78 is 7.45. The number of ether oxygens (including phenoxy) is 1. The molecule has 0 spiro atoms. The highest BCUT2D eigenvalue weighted by atomic mass is 32.2. The highest BCUT2D eigenvalue weighted by molar-refractivity contribution is 8.00. The fraction of sp³-hybridized carbons (Fsp3) is 0.440. The van der Waals surface area contributed by atoms with Crippen LogP contribution < -0.4 is 0 Å². The average molecular weight is 438 g/mol. The van der Waals surface area contributed by atoms with Gasteiger partial charge >= 0.3 is 0 Å². The maximum absolute atomic E-state index is 13.2. The third-order valence-corrected chi connectivity index (χ3v) is 7.14. The second kappa shape index (κ2) is 10.3. The predicted molar refractivity (Wildman–Crippen MR) is 126 cm³/mol. The molecule has 6 heteroatoms. The van der Waals surface area contributed by atoms with Gasteiger partial charge in [-0.15, -0.1) is 0 Å². The lowest BCUT2D eigenvalue weighted by atomic mass is 9.90. The normalized spacial score (nSPS) is 16.0. The smallest absolute Gasteiger partial charge is 0.235 e. The number of nitrogens with zero attached hydrogens (tertiary/aromatic N) is 3. The van der Waals surface area contributed by atoms with E-state index in [-0.39, 0.29) is 11.2 Å². The fourth-order valence-corrected chi connectivity index (χ4v) is 5.35. The number of amides is 1. The van der Waals surface area contributed by atoms with Gasteiger partial charge in [0.05, 0.1) is 22.9 Å². The van der Waals surface area contributed by atoms with Crippen molar-refractivity contribution in [3.63, 3.8) is 0 Å². The number of carbonyl (C=O) groups excluding carboxylic acids is 1. The maximum atomic E-state index is 13.2. The number of fused-ring (bicyclic) bond motifs is 1. The molecule has 1 saturated heterocycles. The van der Waals surface area contributed by atoms with Crippen molar-refractivity contribution < 1.29 is 9.53 Å². The second-order valence-electron chi connectivity index (χ2n) is 8.25. The Morgan fingerprint density at radius 3 is 2.58 bits per heavy atom. The fourth-order valence-electron chi connectivity index (χ4n) is 4.31. The van der Waals surface area contributed by atoms with E-state index in [2.05, 4.69) is 41.0 Å². The summed E-state index contributed by atoms with van der Waals surface area (Å²) in [4.78, 5) is 20.0. The minimum absolute atomic E-state index is 0.163. The lowest BCUT2D eigenvalue weighted by Crippen LogP contribution is -2.42. The Labute approximate surface area is 188 Å². The van der Waals surface area contributed by atoms with Crippen molar-refractivity contribution in [2.75, 3.05) is 26.8 Å². The number of rotatable bonds is 8. The number of methoxy groups -OCH3 is 1. The standard InChI is InChI=1S/C25H31N3O2S/c1-19(31-25-26-22-10-6-7-11-23(22)28(25)16-17-30-2)24(29)27-14-12-21(13-15-27)18-20-8-4-3-5-9-20/h3-11,19,21H,12-18H2,1-2H3/t19-/m0/s1. The predicted octanol–water partition coefficient (Wildman–Crippen LogP) is 4.64. The molecule has 4 rings (SSSR count). The number of aromatic nitrogens is 2. The number of para-hydroxylation sites is 2. The molecule has 164 valence electrons. The monoisotopic (exact) mass is 437 g/mol. The van der Waals surface area contributed by atoms with Crippen LogP contribution in [-0.2, 0) is 22.5 Å². The van der Waals surface area contributed by atoms with Gasteiger partial charge in [0.2, 0.25) is 5.91 Å². The van der Waals surface area contributed by atoms with Crippen LogP contribution in [0.2, 0.25) is 0 Å². The zero-order valence-electron chi connectivity index (χ0n) is 18.4. The number of hydrogen-bond acceptors (Lipinski definition) is 4. The van der Waals surface area contributed by atoms with E-state index in [1.165, 1.54) is 5.56 Å². The first-order valence-electron chi connectivity index (χ1n) is 11.1. The molecule has 1 aliphatic rings. The van der Waals surface area contributed by atoms with Crippen LogP contribution in [-0.4, -0.2) is 52.4 Å². The van der Waals surface area contributed by atoms with E-state index in [4.69, 9.17) is 9.72 Å². The molecule has 1 aliphatic heterocycles. The van der Waals surface area contributed by atoms with E-state index in [1.807, 2.05) is 30.0 Å². The molecule has 0 N–H and O–H groups in total. The summed E-state index contributed by atoms with van der Waals surface area (Å²) in [5.74, 6) is 0.876. The summed E-state index contributed by atoms with van der Waals surface area (Å²) in [6.07, 6.45) is 3.26. The molecule has 3 aromatic rings. The Kier molecular flexibility index (Phi) is 7.30. The van der Waals surface area contributed by atoms with Crippen LogP contribution in [0.4, 0.5) is 0 Å². The minimum atomic E-state index is -0.163. The number of likely N-dealkylation sites (tertiary alicyclic amines) is 1. The largest absolute Gasteiger partial charge is 0.383 e. The number of piperidine rings is 1. The van der Waals surface area contributed by atoms with Crippen LogP contribution in [0.3, 0.4) is 0 Å². The molecule has 0 aliphatic carbocycles. The van der Waals surface area contributed by atoms with E-state index < -0.39 is 0 Å². The molecule has 31 heavy (non-hydrogen) atoms. The zero-order valence-corrected chi connectivity index (χ0v) is 19.2. The lowest BCUT2D eigenvalue weighted by Gasteiger charge is -2.33. The van der Waals surface area contributed by atoms with Crippen molar-refractivity contribution in [1.29, 1.82) is 0 Å². The van der Waals surface area contributed by atoms with E-state index >= 15 is 0 Å². The first-order valence-corrected chi connectivity index (χ1v) is 12.0. The van der Waals surface area contributed by atoms with Crippen molar-refractivity contribution in [3.05, 3.63) is 60.2 Å². The molecule has 0 unspecified atom stereocenters. The quantitative estimate of drug-likeness (QED) is 0.482. The van der Waals surface area contributed by atoms with Crippen molar-refractivity contribution in [1.82, 2.24) is 14.5 Å². The zero-order chi connectivity index (χ0) is 21.6. The highest BCUT2D eigenvalue weighted by Crippen LogP contribution is 2.29. The number of thioether (sulfide) groups is 1. The van der Waals surface area contributed by atoms with Gasteiger partial charge in [0, 0.05) is 26.7 Å². The number of hydrogen-bond donors (Lipinski definition) is 0. The summed E-state index contributed by atoms with van der Waals surface area (Å²) in [5, 5.41) is 0.724. The average Bonchev–Trinajstić information content (AvgIpc) is 3.15. The molecule has 1 fully saturated rings. The second-order valence-corrected chi connectivity index (χ2v) is 9.55. The molecule has 0 radical (unpaired) electrons. The summed E-state index contributed by atoms with van der Waals surface area (Å²) in [6, 6.07) is 18.8. The molecule has 5 nitrogen and oxygen atoms in total. The Bertz CT molecular complexity index is 996. The molecule has 1 atom stereocenters. The molecule has 2 aromatic carbocycles. The Hall–Kier alpha value is -2.31. The summed E-state index contributed by atoms with van der Waals surface area (Å²) >= 11 is 1.56. The van der Waals surface area contributed by atoms with Gasteiger partial charge in [-0.25, -0.2) is 4.98 Å². The Morgan fingerprint density at radius 2 is 1.84 bits per heavy atom. The molecule has 1 aromatic heterocycles. The molecular weight excluding hydrogens is 406 g/mol. The van der Waals surface area contributed by atoms with E-state index in [0.717, 1.165) is 55.1 Å². The van der Waals surface area contributed by atoms with Gasteiger partial charge in [-0.05, 0) is 49.8 Å². The van der Waals surface area contributed by atoms with Gasteiger partial charge in [0.25, 0.3) is 0 Å². The van der Waals surface area contributed by atoms with Crippen LogP contribution in [0, 0.1) is 5.92 Å². The van der Waals surface area contributed by atoms with Crippen LogP contribution >= 0.6 is 11.8 Å². The van der Waals surface area contributed by atoms with Gasteiger partial charge < -0.3 is 14.2 Å². The van der Waals surface area contributed by atoms with Crippen LogP contribution in [0.5, 0.6) is 0 Å². The molecule has 2 heterocycles. The topological polar surface area (TPSA) is 47.4 Å². The molecule has 1 amide bonds. The summed E-state index contributed by atoms with van der Waals surface area (Å²) in [7, 11) is 1.71. The van der Waals surface area contributed by atoms with Crippen molar-refractivity contribution in [2.45, 2.75) is 43.1 Å². The van der Waals surface area contributed by atoms with Gasteiger partial charge in [-0.1, -0.05) is 54.2 Å². The third-order valence-electron chi connectivity index (χ3n) is 6.06. The lowest BCUT2D eigenvalue weighted by molar-refractivity contribution is -0.131. The van der Waals surface area contributed by atoms with Crippen molar-refractivity contribution in [3.8, 4) is 0 Å². The Balaban J connectivity index is 1.37. The minimum Gasteiger partial charge on any atom is -0.383 e. The van der Waals surface area contributed by atoms with E-state index in [1.54, 1.807) is 18.9 Å². The molecular formula is C25H31N3O2S. The number of benzene rings is 2. The van der Waals surface area contributed by atoms with Crippen LogP contribution in [0.15, 0.2) is 59.8 Å². The first kappa shape index (κ1) is 21.9. The van der Waals surface area contributed by atoms with Gasteiger partial charge in [0.1, 0.15) is 0 Å². The summed E-state index contributed by atoms with van der Waals surface area (Å²) in [5.41, 5.74) is 3.44. The Morgan fingerprint density at radius 1 is 1.13 bits per heavy atom. The summed E-state index contributed by atoms with van der Waals surface area (Å²) in [6.45, 7) is 5.04. The first-order chi connectivity index (χ1) is 15.2. The number of carbonyl (C=O) groups is 1. The van der Waals surface area contributed by atoms with Gasteiger partial charge in [-0.3, -0.25) is 4.79 Å². The number of imidazole rings is 1. The highest BCUT2D eigenvalue weighted by Gasteiger charge is 2.28. The third kappa shape index (κ3) is 5.31. The van der Waals surface area contributed by atoms with Gasteiger partial charge in [0.15, 0.2) is 5.16 Å². The van der Waals surface area contributed by atoms with Crippen LogP contribution in [0.25, 0.3) is 11.0 Å². The van der Waals surface area contributed by atoms with E-state index in [9.17, 15) is 4.79 Å². The molecule has 0 bridgehead atoms. The molecule has 0 saturated carbocycles. The van der Waals surface area contributed by atoms with E-state index in [0.29, 0.717) is 12.5 Å². The van der Waals surface area contributed by atoms with Gasteiger partial charge in [-0.2, -0.15) is 0 Å². The van der Waals surface area contributed by atoms with Crippen LogP contribution in [0.1, 0.15) is 25.3 Å². The maximum Gasteiger partial charge on any atom is 0.235 e. The van der Waals surface area contributed by atoms with Crippen molar-refractivity contribution >= 4 is 28.7 Å². The van der Waals surface area contributed by atoms with Crippen molar-refractivity contribution in [2.24, 2.45) is 5.92 Å². The SMILES string of the molecule is COCCn1c(S[C@@H](C)C(=O)N2CCC(Cc3ccccc3)CC2)nc2ccccc21.